The number of nitrogens with zero attached hydrogens (tertiary/aromatic N) is 2. The number of hydrogen-bond acceptors (Lipinski definition) is 2. The van der Waals surface area contributed by atoms with Crippen LogP contribution in [0.2, 0.25) is 0 Å². The minimum atomic E-state index is 0.476. The van der Waals surface area contributed by atoms with Crippen LogP contribution >= 0.6 is 0 Å². The van der Waals surface area contributed by atoms with E-state index in [1.54, 1.807) is 0 Å². The molecule has 0 saturated carbocycles. The summed E-state index contributed by atoms with van der Waals surface area (Å²) in [5.41, 5.74) is 0.476. The van der Waals surface area contributed by atoms with Gasteiger partial charge in [-0.1, -0.05) is 39.5 Å². The molecule has 0 aliphatic carbocycles. The Bertz CT molecular complexity index is 189. The SMILES string of the molecule is CCCCC1(CCCC)N2CCCN1CC2. The first-order valence-corrected chi connectivity index (χ1v) is 7.33. The van der Waals surface area contributed by atoms with E-state index in [0.29, 0.717) is 5.66 Å². The zero-order valence-corrected chi connectivity index (χ0v) is 11.2. The molecule has 0 radical (unpaired) electrons. The van der Waals surface area contributed by atoms with E-state index >= 15 is 0 Å². The van der Waals surface area contributed by atoms with Crippen molar-refractivity contribution in [2.75, 3.05) is 26.2 Å². The van der Waals surface area contributed by atoms with Gasteiger partial charge in [0.05, 0.1) is 5.66 Å². The maximum Gasteiger partial charge on any atom is 0.0738 e. The van der Waals surface area contributed by atoms with Gasteiger partial charge in [-0.15, -0.1) is 0 Å². The fourth-order valence-corrected chi connectivity index (χ4v) is 3.63. The van der Waals surface area contributed by atoms with E-state index < -0.39 is 0 Å². The van der Waals surface area contributed by atoms with Crippen molar-refractivity contribution >= 4 is 0 Å². The highest BCUT2D eigenvalue weighted by Crippen LogP contribution is 2.39. The molecule has 2 rings (SSSR count). The molecule has 2 atom stereocenters. The highest BCUT2D eigenvalue weighted by atomic mass is 15.5. The van der Waals surface area contributed by atoms with Crippen molar-refractivity contribution in [3.8, 4) is 0 Å². The Labute approximate surface area is 101 Å². The Kier molecular flexibility index (Phi) is 4.26. The molecule has 0 amide bonds. The normalized spacial score (nSPS) is 31.9. The highest BCUT2D eigenvalue weighted by molar-refractivity contribution is 4.99. The fourth-order valence-electron chi connectivity index (χ4n) is 3.63. The van der Waals surface area contributed by atoms with Crippen LogP contribution in [0.15, 0.2) is 0 Å². The van der Waals surface area contributed by atoms with Crippen LogP contribution in [0.1, 0.15) is 58.8 Å². The van der Waals surface area contributed by atoms with Crippen LogP contribution in [-0.4, -0.2) is 41.6 Å². The summed E-state index contributed by atoms with van der Waals surface area (Å²) >= 11 is 0. The quantitative estimate of drug-likeness (QED) is 0.684. The van der Waals surface area contributed by atoms with Crippen molar-refractivity contribution in [1.82, 2.24) is 9.80 Å². The molecule has 2 heteroatoms. The lowest BCUT2D eigenvalue weighted by Gasteiger charge is -2.48. The summed E-state index contributed by atoms with van der Waals surface area (Å²) in [5.74, 6) is 0. The third-order valence-electron chi connectivity index (χ3n) is 4.53. The molecule has 2 unspecified atom stereocenters. The lowest BCUT2D eigenvalue weighted by Crippen LogP contribution is -2.57. The summed E-state index contributed by atoms with van der Waals surface area (Å²) in [5, 5.41) is 0. The number of unbranched alkanes of at least 4 members (excludes halogenated alkanes) is 2. The molecule has 0 aromatic heterocycles. The average Bonchev–Trinajstić information content (AvgIpc) is 2.52. The Morgan fingerprint density at radius 3 is 1.75 bits per heavy atom. The van der Waals surface area contributed by atoms with Crippen LogP contribution in [0.25, 0.3) is 0 Å². The number of hydrogen-bond donors (Lipinski definition) is 0. The van der Waals surface area contributed by atoms with Crippen molar-refractivity contribution in [2.45, 2.75) is 64.5 Å². The Balaban J connectivity index is 2.06. The predicted molar refractivity (Wildman–Crippen MR) is 69.5 cm³/mol. The Morgan fingerprint density at radius 1 is 0.812 bits per heavy atom. The van der Waals surface area contributed by atoms with Gasteiger partial charge in [-0.05, 0) is 19.3 Å². The lowest BCUT2D eigenvalue weighted by atomic mass is 9.91. The first-order chi connectivity index (χ1) is 7.83. The van der Waals surface area contributed by atoms with E-state index in [0.717, 1.165) is 0 Å². The molecule has 0 N–H and O–H groups in total. The summed E-state index contributed by atoms with van der Waals surface area (Å²) < 4.78 is 0. The molecular formula is C14H28N2. The van der Waals surface area contributed by atoms with Gasteiger partial charge in [-0.3, -0.25) is 9.80 Å². The van der Waals surface area contributed by atoms with Gasteiger partial charge < -0.3 is 0 Å². The summed E-state index contributed by atoms with van der Waals surface area (Å²) in [6.45, 7) is 10.0. The lowest BCUT2D eigenvalue weighted by molar-refractivity contribution is -0.0359. The van der Waals surface area contributed by atoms with Crippen molar-refractivity contribution in [1.29, 1.82) is 0 Å². The van der Waals surface area contributed by atoms with Crippen LogP contribution in [-0.2, 0) is 0 Å². The molecule has 94 valence electrons. The average molecular weight is 224 g/mol. The summed E-state index contributed by atoms with van der Waals surface area (Å²) in [7, 11) is 0. The minimum Gasteiger partial charge on any atom is -0.284 e. The zero-order chi connectivity index (χ0) is 11.4. The molecule has 16 heavy (non-hydrogen) atoms. The molecule has 2 nitrogen and oxygen atoms in total. The van der Waals surface area contributed by atoms with Crippen LogP contribution in [0, 0.1) is 0 Å². The monoisotopic (exact) mass is 224 g/mol. The standard InChI is InChI=1S/C14H28N2/c1-3-5-8-14(9-6-4-2)15-10-7-11-16(14)13-12-15/h3-13H2,1-2H3. The van der Waals surface area contributed by atoms with E-state index in [9.17, 15) is 0 Å². The third-order valence-corrected chi connectivity index (χ3v) is 4.53. The van der Waals surface area contributed by atoms with E-state index in [2.05, 4.69) is 23.6 Å². The second-order valence-corrected chi connectivity index (χ2v) is 5.52. The number of rotatable bonds is 6. The molecule has 0 spiro atoms. The highest BCUT2D eigenvalue weighted by Gasteiger charge is 2.47. The van der Waals surface area contributed by atoms with Crippen molar-refractivity contribution < 1.29 is 0 Å². The summed E-state index contributed by atoms with van der Waals surface area (Å²) in [4.78, 5) is 5.59. The molecule has 0 aromatic carbocycles. The Hall–Kier alpha value is -0.0800. The van der Waals surface area contributed by atoms with Gasteiger partial charge in [0.2, 0.25) is 0 Å². The molecular weight excluding hydrogens is 196 g/mol. The maximum absolute atomic E-state index is 2.79. The topological polar surface area (TPSA) is 6.48 Å². The molecule has 2 bridgehead atoms. The maximum atomic E-state index is 2.79. The number of fused-ring (bicyclic) bond motifs is 2. The summed E-state index contributed by atoms with van der Waals surface area (Å²) in [6.07, 6.45) is 9.69. The predicted octanol–water partition coefficient (Wildman–Crippen LogP) is 3.08. The van der Waals surface area contributed by atoms with E-state index in [-0.39, 0.29) is 0 Å². The first kappa shape index (κ1) is 12.4. The molecule has 2 saturated heterocycles. The molecule has 2 heterocycles. The largest absolute Gasteiger partial charge is 0.284 e. The zero-order valence-electron chi connectivity index (χ0n) is 11.2. The van der Waals surface area contributed by atoms with Crippen molar-refractivity contribution in [3.63, 3.8) is 0 Å². The first-order valence-electron chi connectivity index (χ1n) is 7.33. The van der Waals surface area contributed by atoms with Gasteiger partial charge in [0, 0.05) is 26.2 Å². The van der Waals surface area contributed by atoms with Crippen LogP contribution in [0.4, 0.5) is 0 Å². The summed E-state index contributed by atoms with van der Waals surface area (Å²) in [6, 6.07) is 0. The van der Waals surface area contributed by atoms with Crippen LogP contribution < -0.4 is 0 Å². The van der Waals surface area contributed by atoms with Gasteiger partial charge in [0.25, 0.3) is 0 Å². The Morgan fingerprint density at radius 2 is 1.31 bits per heavy atom. The molecule has 2 fully saturated rings. The van der Waals surface area contributed by atoms with Gasteiger partial charge >= 0.3 is 0 Å². The fraction of sp³-hybridized carbons (Fsp3) is 1.00. The minimum absolute atomic E-state index is 0.476. The van der Waals surface area contributed by atoms with E-state index in [1.165, 1.54) is 71.1 Å². The smallest absolute Gasteiger partial charge is 0.0738 e. The van der Waals surface area contributed by atoms with Crippen molar-refractivity contribution in [2.24, 2.45) is 0 Å². The molecule has 2 aliphatic rings. The second kappa shape index (κ2) is 5.50. The second-order valence-electron chi connectivity index (χ2n) is 5.52. The molecule has 0 aromatic rings. The van der Waals surface area contributed by atoms with Gasteiger partial charge in [0.1, 0.15) is 0 Å². The van der Waals surface area contributed by atoms with E-state index in [1.807, 2.05) is 0 Å². The van der Waals surface area contributed by atoms with Crippen LogP contribution in [0.5, 0.6) is 0 Å². The van der Waals surface area contributed by atoms with Gasteiger partial charge in [-0.2, -0.15) is 0 Å². The van der Waals surface area contributed by atoms with Crippen LogP contribution in [0.3, 0.4) is 0 Å². The third kappa shape index (κ3) is 2.14. The van der Waals surface area contributed by atoms with E-state index in [4.69, 9.17) is 0 Å². The van der Waals surface area contributed by atoms with Crippen molar-refractivity contribution in [3.05, 3.63) is 0 Å². The van der Waals surface area contributed by atoms with Gasteiger partial charge in [-0.25, -0.2) is 0 Å². The van der Waals surface area contributed by atoms with Gasteiger partial charge in [0.15, 0.2) is 0 Å². The molecule has 2 aliphatic heterocycles.